The third-order valence-electron chi connectivity index (χ3n) is 4.96. The summed E-state index contributed by atoms with van der Waals surface area (Å²) in [5.74, 6) is -0.451. The Morgan fingerprint density at radius 2 is 1.69 bits per heavy atom. The van der Waals surface area contributed by atoms with Crippen molar-refractivity contribution in [2.75, 3.05) is 0 Å². The fraction of sp³-hybridized carbons (Fsp3) is 0.0435. The number of hydrogen-bond acceptors (Lipinski definition) is 4. The van der Waals surface area contributed by atoms with Gasteiger partial charge in [0.2, 0.25) is 10.0 Å². The van der Waals surface area contributed by atoms with Crippen LogP contribution in [-0.2, 0) is 16.6 Å². The molecule has 3 N–H and O–H groups in total. The minimum atomic E-state index is -3.85. The zero-order valence-corrected chi connectivity index (χ0v) is 18.2. The van der Waals surface area contributed by atoms with Gasteiger partial charge < -0.3 is 9.88 Å². The van der Waals surface area contributed by atoms with Gasteiger partial charge >= 0.3 is 0 Å². The summed E-state index contributed by atoms with van der Waals surface area (Å²) in [5.41, 5.74) is 1.91. The Kier molecular flexibility index (Phi) is 5.84. The van der Waals surface area contributed by atoms with Crippen LogP contribution in [0.4, 0.5) is 0 Å². The van der Waals surface area contributed by atoms with E-state index >= 15 is 0 Å². The van der Waals surface area contributed by atoms with E-state index in [-0.39, 0.29) is 22.4 Å². The predicted octanol–water partition coefficient (Wildman–Crippen LogP) is 3.22. The number of primary sulfonamides is 1. The standard InChI is InChI=1S/C23H18ClN3O4S/c24-17-8-11-20-21(12-17)27(18-4-2-1-3-5-18)14-16(22(20)28)13-26-23(29)15-6-9-19(10-7-15)32(25,30)31/h1-12,14H,13H2,(H,26,29)(H2,25,30,31). The molecule has 0 aliphatic heterocycles. The molecule has 0 bridgehead atoms. The number of hydrogen-bond donors (Lipinski definition) is 2. The van der Waals surface area contributed by atoms with Crippen molar-refractivity contribution in [3.63, 3.8) is 0 Å². The second kappa shape index (κ2) is 8.58. The Morgan fingerprint density at radius 3 is 2.34 bits per heavy atom. The quantitative estimate of drug-likeness (QED) is 0.469. The first-order valence-corrected chi connectivity index (χ1v) is 11.5. The molecular weight excluding hydrogens is 450 g/mol. The van der Waals surface area contributed by atoms with Gasteiger partial charge in [-0.25, -0.2) is 13.6 Å². The highest BCUT2D eigenvalue weighted by Gasteiger charge is 2.14. The SMILES string of the molecule is NS(=O)(=O)c1ccc(C(=O)NCc2cn(-c3ccccc3)c3cc(Cl)ccc3c2=O)cc1. The molecule has 32 heavy (non-hydrogen) atoms. The maximum atomic E-state index is 13.0. The maximum Gasteiger partial charge on any atom is 0.251 e. The van der Waals surface area contributed by atoms with Crippen LogP contribution in [0.25, 0.3) is 16.6 Å². The summed E-state index contributed by atoms with van der Waals surface area (Å²) in [6.07, 6.45) is 1.68. The lowest BCUT2D eigenvalue weighted by Gasteiger charge is -2.14. The molecule has 0 saturated heterocycles. The number of halogens is 1. The van der Waals surface area contributed by atoms with E-state index in [4.69, 9.17) is 16.7 Å². The Balaban J connectivity index is 1.68. The van der Waals surface area contributed by atoms with Crippen molar-refractivity contribution in [2.45, 2.75) is 11.4 Å². The minimum absolute atomic E-state index is 0.0139. The number of nitrogens with zero attached hydrogens (tertiary/aromatic N) is 1. The summed E-state index contributed by atoms with van der Waals surface area (Å²) >= 11 is 6.16. The zero-order valence-electron chi connectivity index (χ0n) is 16.7. The molecule has 1 heterocycles. The lowest BCUT2D eigenvalue weighted by Crippen LogP contribution is -2.27. The van der Waals surface area contributed by atoms with E-state index < -0.39 is 15.9 Å². The molecule has 0 aliphatic carbocycles. The Labute approximate surface area is 189 Å². The van der Waals surface area contributed by atoms with E-state index in [0.717, 1.165) is 5.69 Å². The second-order valence-corrected chi connectivity index (χ2v) is 9.10. The van der Waals surface area contributed by atoms with Crippen molar-refractivity contribution in [2.24, 2.45) is 5.14 Å². The number of carbonyl (C=O) groups is 1. The van der Waals surface area contributed by atoms with Crippen LogP contribution in [0.1, 0.15) is 15.9 Å². The van der Waals surface area contributed by atoms with E-state index in [1.807, 2.05) is 34.9 Å². The van der Waals surface area contributed by atoms with E-state index in [1.54, 1.807) is 24.4 Å². The van der Waals surface area contributed by atoms with Gasteiger partial charge in [-0.1, -0.05) is 29.8 Å². The van der Waals surface area contributed by atoms with Crippen LogP contribution in [0.15, 0.2) is 88.7 Å². The van der Waals surface area contributed by atoms with Gasteiger partial charge in [0.25, 0.3) is 5.91 Å². The van der Waals surface area contributed by atoms with Crippen molar-refractivity contribution in [3.05, 3.63) is 105 Å². The monoisotopic (exact) mass is 467 g/mol. The van der Waals surface area contributed by atoms with Gasteiger partial charge in [-0.15, -0.1) is 0 Å². The van der Waals surface area contributed by atoms with Gasteiger partial charge in [0.05, 0.1) is 10.4 Å². The third kappa shape index (κ3) is 4.43. The lowest BCUT2D eigenvalue weighted by molar-refractivity contribution is 0.0950. The topological polar surface area (TPSA) is 111 Å². The number of nitrogens with two attached hydrogens (primary N) is 1. The predicted molar refractivity (Wildman–Crippen MR) is 124 cm³/mol. The van der Waals surface area contributed by atoms with E-state index in [9.17, 15) is 18.0 Å². The third-order valence-corrected chi connectivity index (χ3v) is 6.12. The number of amides is 1. The van der Waals surface area contributed by atoms with Crippen LogP contribution >= 0.6 is 11.6 Å². The molecule has 0 aliphatic rings. The van der Waals surface area contributed by atoms with Crippen molar-refractivity contribution in [1.82, 2.24) is 9.88 Å². The highest BCUT2D eigenvalue weighted by atomic mass is 35.5. The van der Waals surface area contributed by atoms with Crippen LogP contribution < -0.4 is 15.9 Å². The number of nitrogens with one attached hydrogen (secondary N) is 1. The molecule has 9 heteroatoms. The second-order valence-electron chi connectivity index (χ2n) is 7.10. The number of rotatable bonds is 5. The molecule has 1 aromatic heterocycles. The van der Waals surface area contributed by atoms with E-state index in [2.05, 4.69) is 5.32 Å². The number of sulfonamides is 1. The molecule has 0 fully saturated rings. The normalized spacial score (nSPS) is 11.4. The van der Waals surface area contributed by atoms with E-state index in [0.29, 0.717) is 21.5 Å². The minimum Gasteiger partial charge on any atom is -0.348 e. The summed E-state index contributed by atoms with van der Waals surface area (Å²) in [4.78, 5) is 25.5. The summed E-state index contributed by atoms with van der Waals surface area (Å²) in [6.45, 7) is -0.0139. The van der Waals surface area contributed by atoms with Gasteiger partial charge in [-0.2, -0.15) is 0 Å². The van der Waals surface area contributed by atoms with E-state index in [1.165, 1.54) is 24.3 Å². The van der Waals surface area contributed by atoms with Crippen LogP contribution in [0.5, 0.6) is 0 Å². The summed E-state index contributed by atoms with van der Waals surface area (Å²) in [5, 5.41) is 8.77. The molecule has 4 rings (SSSR count). The highest BCUT2D eigenvalue weighted by Crippen LogP contribution is 2.21. The van der Waals surface area contributed by atoms with Crippen LogP contribution in [-0.4, -0.2) is 18.9 Å². The van der Waals surface area contributed by atoms with Gasteiger partial charge in [0.1, 0.15) is 0 Å². The van der Waals surface area contributed by atoms with Gasteiger partial charge in [0, 0.05) is 40.0 Å². The maximum absolute atomic E-state index is 13.0. The fourth-order valence-corrected chi connectivity index (χ4v) is 4.04. The molecule has 0 saturated carbocycles. The molecule has 0 spiro atoms. The number of fused-ring (bicyclic) bond motifs is 1. The molecule has 7 nitrogen and oxygen atoms in total. The van der Waals surface area contributed by atoms with Crippen LogP contribution in [0.3, 0.4) is 0 Å². The average molecular weight is 468 g/mol. The van der Waals surface area contributed by atoms with Crippen molar-refractivity contribution < 1.29 is 13.2 Å². The molecule has 1 amide bonds. The van der Waals surface area contributed by atoms with Gasteiger partial charge in [-0.05, 0) is 54.6 Å². The smallest absolute Gasteiger partial charge is 0.251 e. The largest absolute Gasteiger partial charge is 0.348 e. The first kappa shape index (κ1) is 21.8. The Morgan fingerprint density at radius 1 is 1.00 bits per heavy atom. The number of pyridine rings is 1. The molecular formula is C23H18ClN3O4S. The average Bonchev–Trinajstić information content (AvgIpc) is 2.78. The Bertz CT molecular complexity index is 1480. The number of para-hydroxylation sites is 1. The number of carbonyl (C=O) groups excluding carboxylic acids is 1. The van der Waals surface area contributed by atoms with Crippen molar-refractivity contribution in [1.29, 1.82) is 0 Å². The summed E-state index contributed by atoms with van der Waals surface area (Å²) < 4.78 is 24.6. The molecule has 0 unspecified atom stereocenters. The van der Waals surface area contributed by atoms with Crippen molar-refractivity contribution >= 4 is 38.4 Å². The van der Waals surface area contributed by atoms with Crippen LogP contribution in [0, 0.1) is 0 Å². The first-order chi connectivity index (χ1) is 15.2. The van der Waals surface area contributed by atoms with Gasteiger partial charge in [-0.3, -0.25) is 9.59 Å². The highest BCUT2D eigenvalue weighted by molar-refractivity contribution is 7.89. The fourth-order valence-electron chi connectivity index (χ4n) is 3.35. The summed E-state index contributed by atoms with van der Waals surface area (Å²) in [7, 11) is -3.85. The molecule has 3 aromatic carbocycles. The molecule has 0 atom stereocenters. The van der Waals surface area contributed by atoms with Gasteiger partial charge in [0.15, 0.2) is 5.43 Å². The summed E-state index contributed by atoms with van der Waals surface area (Å²) in [6, 6.07) is 19.7. The Hall–Kier alpha value is -3.46. The lowest BCUT2D eigenvalue weighted by atomic mass is 10.1. The first-order valence-electron chi connectivity index (χ1n) is 9.54. The molecule has 4 aromatic rings. The van der Waals surface area contributed by atoms with Crippen molar-refractivity contribution in [3.8, 4) is 5.69 Å². The molecule has 162 valence electrons. The number of aromatic nitrogens is 1. The van der Waals surface area contributed by atoms with Crippen LogP contribution in [0.2, 0.25) is 5.02 Å². The zero-order chi connectivity index (χ0) is 22.9. The number of benzene rings is 3. The molecule has 0 radical (unpaired) electrons.